The minimum Gasteiger partial charge on any atom is -0.497 e. The fraction of sp³-hybridized carbons (Fsp3) is 0.455. The third-order valence-electron chi connectivity index (χ3n) is 3.04. The zero-order valence-corrected chi connectivity index (χ0v) is 11.7. The predicted octanol–water partition coefficient (Wildman–Crippen LogP) is 2.44. The number of methoxy groups -OCH3 is 1. The molecule has 1 aromatic rings. The molecule has 0 spiro atoms. The van der Waals surface area contributed by atoms with Crippen molar-refractivity contribution in [3.63, 3.8) is 0 Å². The summed E-state index contributed by atoms with van der Waals surface area (Å²) in [6.07, 6.45) is 0. The van der Waals surface area contributed by atoms with E-state index in [4.69, 9.17) is 4.74 Å². The van der Waals surface area contributed by atoms with Gasteiger partial charge in [0.05, 0.1) is 14.7 Å². The molecule has 0 unspecified atom stereocenters. The van der Waals surface area contributed by atoms with Crippen LogP contribution in [0.3, 0.4) is 0 Å². The van der Waals surface area contributed by atoms with Crippen molar-refractivity contribution >= 4 is 21.1 Å². The van der Waals surface area contributed by atoms with Crippen LogP contribution in [0.1, 0.15) is 0 Å². The summed E-state index contributed by atoms with van der Waals surface area (Å²) in [5, 5.41) is 1.52. The molecule has 0 bridgehead atoms. The zero-order chi connectivity index (χ0) is 10.8. The Bertz CT molecular complexity index is 308. The average Bonchev–Trinajstić information content (AvgIpc) is 2.17. The summed E-state index contributed by atoms with van der Waals surface area (Å²) in [6, 6.07) is 8.59. The molecular weight excluding hydrogens is 204 g/mol. The molecule has 1 aromatic carbocycles. The molecule has 0 saturated heterocycles. The van der Waals surface area contributed by atoms with Crippen LogP contribution in [0.2, 0.25) is 26.2 Å². The van der Waals surface area contributed by atoms with Crippen LogP contribution in [-0.4, -0.2) is 23.0 Å². The number of benzene rings is 1. The lowest BCUT2D eigenvalue weighted by Gasteiger charge is -2.26. The van der Waals surface area contributed by atoms with E-state index in [-0.39, 0.29) is 8.31 Å². The van der Waals surface area contributed by atoms with Gasteiger partial charge >= 0.3 is 0 Å². The monoisotopic (exact) mass is 223 g/mol. The first kappa shape index (κ1) is 11.5. The van der Waals surface area contributed by atoms with Gasteiger partial charge in [-0.05, 0) is 12.1 Å². The molecule has 14 heavy (non-hydrogen) atoms. The van der Waals surface area contributed by atoms with Gasteiger partial charge in [-0.2, -0.15) is 0 Å². The largest absolute Gasteiger partial charge is 0.497 e. The zero-order valence-electron chi connectivity index (χ0n) is 9.72. The maximum Gasteiger partial charge on any atom is 0.118 e. The van der Waals surface area contributed by atoms with E-state index in [9.17, 15) is 0 Å². The van der Waals surface area contributed by atoms with Gasteiger partial charge in [-0.1, -0.05) is 43.5 Å². The second kappa shape index (κ2) is 4.32. The summed E-state index contributed by atoms with van der Waals surface area (Å²) < 4.78 is 5.26. The molecule has 0 atom stereocenters. The Kier molecular flexibility index (Phi) is 3.55. The van der Waals surface area contributed by atoms with Gasteiger partial charge in [0, 0.05) is 8.31 Å². The summed E-state index contributed by atoms with van der Waals surface area (Å²) in [6.45, 7) is 9.73. The highest BCUT2D eigenvalue weighted by atomic mass is 29.2. The van der Waals surface area contributed by atoms with Crippen molar-refractivity contribution in [1.29, 1.82) is 0 Å². The summed E-state index contributed by atoms with van der Waals surface area (Å²) in [5.41, 5.74) is 0. The Labute approximate surface area is 89.5 Å². The lowest BCUT2D eigenvalue weighted by molar-refractivity contribution is 0.415. The summed E-state index contributed by atoms with van der Waals surface area (Å²) >= 11 is 0. The lowest BCUT2D eigenvalue weighted by Crippen LogP contribution is -2.52. The average molecular weight is 223 g/mol. The van der Waals surface area contributed by atoms with Crippen LogP contribution in [0.5, 0.6) is 5.75 Å². The molecule has 1 rings (SSSR count). The van der Waals surface area contributed by atoms with Gasteiger partial charge in [0.2, 0.25) is 0 Å². The van der Waals surface area contributed by atoms with Gasteiger partial charge in [0.1, 0.15) is 5.75 Å². The molecule has 0 saturated carbocycles. The van der Waals surface area contributed by atoms with Crippen molar-refractivity contribution in [2.75, 3.05) is 7.11 Å². The summed E-state index contributed by atoms with van der Waals surface area (Å²) in [4.78, 5) is 0. The third kappa shape index (κ3) is 2.28. The highest BCUT2D eigenvalue weighted by Crippen LogP contribution is 2.13. The van der Waals surface area contributed by atoms with Crippen LogP contribution in [0, 0.1) is 0 Å². The second-order valence-corrected chi connectivity index (χ2v) is 16.9. The van der Waals surface area contributed by atoms with E-state index >= 15 is 0 Å². The quantitative estimate of drug-likeness (QED) is 0.715. The van der Waals surface area contributed by atoms with E-state index in [1.165, 1.54) is 5.19 Å². The van der Waals surface area contributed by atoms with Crippen LogP contribution in [0.4, 0.5) is 0 Å². The first-order valence-corrected chi connectivity index (χ1v) is 11.4. The van der Waals surface area contributed by atoms with E-state index in [0.717, 1.165) is 5.75 Å². The first-order chi connectivity index (χ1) is 6.48. The summed E-state index contributed by atoms with van der Waals surface area (Å²) in [7, 11) is 0.347. The topological polar surface area (TPSA) is 9.23 Å². The van der Waals surface area contributed by atoms with E-state index in [0.29, 0.717) is 0 Å². The maximum atomic E-state index is 5.26. The maximum absolute atomic E-state index is 5.26. The van der Waals surface area contributed by atoms with Crippen molar-refractivity contribution in [3.8, 4) is 5.75 Å². The molecule has 0 aliphatic rings. The molecule has 0 aliphatic heterocycles. The minimum absolute atomic E-state index is 0.204. The van der Waals surface area contributed by atoms with Gasteiger partial charge in [-0.3, -0.25) is 0 Å². The number of hydrogen-bond donors (Lipinski definition) is 0. The predicted molar refractivity (Wildman–Crippen MR) is 67.6 cm³/mol. The van der Waals surface area contributed by atoms with Gasteiger partial charge in [0.25, 0.3) is 0 Å². The van der Waals surface area contributed by atoms with E-state index < -0.39 is 7.59 Å². The van der Waals surface area contributed by atoms with E-state index in [1.54, 1.807) is 7.11 Å². The Hall–Kier alpha value is -0.546. The van der Waals surface area contributed by atoms with Gasteiger partial charge in [0.15, 0.2) is 0 Å². The molecule has 0 fully saturated rings. The van der Waals surface area contributed by atoms with Crippen molar-refractivity contribution in [2.24, 2.45) is 0 Å². The number of ether oxygens (including phenoxy) is 1. The number of hydrogen-bond acceptors (Lipinski definition) is 1. The molecule has 3 heteroatoms. The van der Waals surface area contributed by atoms with Crippen molar-refractivity contribution in [3.05, 3.63) is 24.3 Å². The Morgan fingerprint density at radius 3 is 2.36 bits per heavy atom. The molecule has 0 aromatic heterocycles. The molecule has 0 amide bonds. The van der Waals surface area contributed by atoms with Crippen LogP contribution < -0.4 is 9.92 Å². The van der Waals surface area contributed by atoms with Gasteiger partial charge in [-0.25, -0.2) is 0 Å². The first-order valence-electron chi connectivity index (χ1n) is 4.93. The fourth-order valence-electron chi connectivity index (χ4n) is 1.30. The van der Waals surface area contributed by atoms with Crippen LogP contribution in [0.25, 0.3) is 0 Å². The molecule has 1 nitrogen and oxygen atoms in total. The molecule has 0 N–H and O–H groups in total. The standard InChI is InChI=1S/C11H19OSi2/c1-12-10-7-6-8-11(9-10)14(4,5)13(2)3/h6-9H,1-5H3. The third-order valence-corrected chi connectivity index (χ3v) is 15.7. The fourth-order valence-corrected chi connectivity index (χ4v) is 5.09. The van der Waals surface area contributed by atoms with E-state index in [2.05, 4.69) is 44.4 Å². The van der Waals surface area contributed by atoms with Crippen LogP contribution >= 0.6 is 0 Å². The Morgan fingerprint density at radius 1 is 1.21 bits per heavy atom. The van der Waals surface area contributed by atoms with Crippen LogP contribution in [0.15, 0.2) is 24.3 Å². The lowest BCUT2D eigenvalue weighted by atomic mass is 10.3. The van der Waals surface area contributed by atoms with Crippen molar-refractivity contribution < 1.29 is 4.74 Å². The molecule has 0 heterocycles. The smallest absolute Gasteiger partial charge is 0.118 e. The summed E-state index contributed by atoms with van der Waals surface area (Å²) in [5.74, 6) is 0.992. The Morgan fingerprint density at radius 2 is 1.86 bits per heavy atom. The molecule has 1 radical (unpaired) electrons. The molecule has 0 aliphatic carbocycles. The van der Waals surface area contributed by atoms with E-state index in [1.807, 2.05) is 6.07 Å². The normalized spacial score (nSPS) is 11.9. The van der Waals surface area contributed by atoms with Gasteiger partial charge < -0.3 is 4.74 Å². The van der Waals surface area contributed by atoms with Gasteiger partial charge in [-0.15, -0.1) is 0 Å². The molecule has 77 valence electrons. The van der Waals surface area contributed by atoms with Crippen LogP contribution in [-0.2, 0) is 0 Å². The Balaban J connectivity index is 3.06. The minimum atomic E-state index is -1.18. The number of rotatable bonds is 3. The second-order valence-electron chi connectivity index (χ2n) is 4.36. The van der Waals surface area contributed by atoms with Crippen molar-refractivity contribution in [1.82, 2.24) is 0 Å². The highest BCUT2D eigenvalue weighted by molar-refractivity contribution is 7.37. The van der Waals surface area contributed by atoms with Crippen molar-refractivity contribution in [2.45, 2.75) is 26.2 Å². The highest BCUT2D eigenvalue weighted by Gasteiger charge is 2.28. The SMILES string of the molecule is COc1cccc([Si](C)(C)[Si](C)C)c1. The molecular formula is C11H19OSi2.